The van der Waals surface area contributed by atoms with Gasteiger partial charge in [-0.1, -0.05) is 90.3 Å². The molecule has 1 aromatic rings. The summed E-state index contributed by atoms with van der Waals surface area (Å²) >= 11 is 1.30. The van der Waals surface area contributed by atoms with Crippen molar-refractivity contribution < 1.29 is 33.5 Å². The summed E-state index contributed by atoms with van der Waals surface area (Å²) in [6.45, 7) is 22.1. The highest BCUT2D eigenvalue weighted by molar-refractivity contribution is 8.01. The highest BCUT2D eigenvalue weighted by Gasteiger charge is 2.67. The van der Waals surface area contributed by atoms with E-state index in [1.54, 1.807) is 44.2 Å². The molecule has 2 amide bonds. The third-order valence-corrected chi connectivity index (χ3v) is 11.0. The van der Waals surface area contributed by atoms with Crippen molar-refractivity contribution in [1.82, 2.24) is 15.5 Å². The zero-order chi connectivity index (χ0) is 36.0. The molecule has 0 saturated carbocycles. The van der Waals surface area contributed by atoms with Gasteiger partial charge in [0.25, 0.3) is 0 Å². The monoisotopic (exact) mass is 688 g/mol. The summed E-state index contributed by atoms with van der Waals surface area (Å²) in [6.07, 6.45) is 11.1. The Kier molecular flexibility index (Phi) is 16.5. The number of carboxylic acid groups (broad SMARTS) is 1. The van der Waals surface area contributed by atoms with E-state index in [-0.39, 0.29) is 29.8 Å². The minimum Gasteiger partial charge on any atom is -0.545 e. The largest absolute Gasteiger partial charge is 0.545 e. The number of β-lactam (4-membered cyclic amide) rings is 1. The quantitative estimate of drug-likeness (QED) is 0.111. The van der Waals surface area contributed by atoms with Crippen molar-refractivity contribution in [3.05, 3.63) is 48.2 Å². The highest BCUT2D eigenvalue weighted by Crippen LogP contribution is 2.55. The van der Waals surface area contributed by atoms with Crippen LogP contribution < -0.4 is 15.7 Å². The molecule has 1 unspecified atom stereocenters. The number of esters is 1. The number of rotatable bonds is 20. The van der Waals surface area contributed by atoms with Crippen LogP contribution in [0.15, 0.2) is 42.6 Å². The molecule has 10 nitrogen and oxygen atoms in total. The molecule has 1 aromatic carbocycles. The molecule has 2 saturated heterocycles. The van der Waals surface area contributed by atoms with Crippen molar-refractivity contribution in [1.29, 1.82) is 0 Å². The van der Waals surface area contributed by atoms with Gasteiger partial charge in [0.15, 0.2) is 5.66 Å². The minimum atomic E-state index is -2.02. The first-order chi connectivity index (χ1) is 22.8. The van der Waals surface area contributed by atoms with E-state index in [0.29, 0.717) is 5.56 Å². The number of carboxylic acids is 1. The lowest BCUT2D eigenvalue weighted by atomic mass is 9.89. The van der Waals surface area contributed by atoms with E-state index in [1.165, 1.54) is 106 Å². The maximum absolute atomic E-state index is 13.4. The number of nitrogens with one attached hydrogen (secondary N) is 2. The Morgan fingerprint density at radius 1 is 0.979 bits per heavy atom. The summed E-state index contributed by atoms with van der Waals surface area (Å²) in [5, 5.41) is 17.5. The fraction of sp³-hybridized carbons (Fsp3) is 0.676. The second-order valence-corrected chi connectivity index (χ2v) is 15.3. The van der Waals surface area contributed by atoms with Crippen LogP contribution in [-0.2, 0) is 23.9 Å². The van der Waals surface area contributed by atoms with E-state index >= 15 is 0 Å². The Morgan fingerprint density at radius 2 is 1.48 bits per heavy atom. The molecule has 2 fully saturated rings. The number of carbonyl (C=O) groups excluding carboxylic acids is 4. The summed E-state index contributed by atoms with van der Waals surface area (Å²) in [5.74, 6) is -3.17. The van der Waals surface area contributed by atoms with Crippen molar-refractivity contribution in [3.63, 3.8) is 0 Å². The average molecular weight is 689 g/mol. The van der Waals surface area contributed by atoms with Gasteiger partial charge >= 0.3 is 5.97 Å². The van der Waals surface area contributed by atoms with Gasteiger partial charge in [0.05, 0.1) is 62.2 Å². The number of methoxy groups -OCH3 is 1. The number of hydrogen-bond acceptors (Lipinski definition) is 8. The normalized spacial score (nSPS) is 20.0. The molecule has 270 valence electrons. The van der Waals surface area contributed by atoms with E-state index in [2.05, 4.69) is 49.6 Å². The Labute approximate surface area is 293 Å². The van der Waals surface area contributed by atoms with Crippen LogP contribution in [0.5, 0.6) is 0 Å². The topological polar surface area (TPSA) is 128 Å². The second-order valence-electron chi connectivity index (χ2n) is 13.5. The molecule has 0 aliphatic carbocycles. The zero-order valence-corrected chi connectivity index (χ0v) is 31.2. The molecular weight excluding hydrogens is 628 g/mol. The van der Waals surface area contributed by atoms with Crippen LogP contribution >= 0.6 is 11.8 Å². The Morgan fingerprint density at radius 3 is 1.90 bits per heavy atom. The van der Waals surface area contributed by atoms with E-state index in [4.69, 9.17) is 0 Å². The van der Waals surface area contributed by atoms with Crippen LogP contribution in [0.2, 0.25) is 0 Å². The number of thioether (sulfide) groups is 1. The molecule has 2 N–H and O–H groups in total. The molecular formula is C37H60N4O6S. The SMILES string of the molecule is C=C(CC(=O)OC)NC(C(=O)N[C@@]1(C(=O)[O-])N2C(=O)C[C@H]2SC1(C)C)c1ccccc1.CCCC[N+](CCCC)(CCCC)CCCC. The molecule has 48 heavy (non-hydrogen) atoms. The number of unbranched alkanes of at least 4 members (excludes halogenated alkanes) is 4. The number of fused-ring (bicyclic) bond motifs is 1. The van der Waals surface area contributed by atoms with Gasteiger partial charge in [0.2, 0.25) is 11.8 Å². The summed E-state index contributed by atoms with van der Waals surface area (Å²) in [6, 6.07) is 7.51. The molecule has 0 bridgehead atoms. The lowest BCUT2D eigenvalue weighted by Crippen LogP contribution is -2.78. The first kappa shape index (κ1) is 41.1. The maximum atomic E-state index is 13.4. The van der Waals surface area contributed by atoms with Crippen molar-refractivity contribution in [2.24, 2.45) is 0 Å². The predicted molar refractivity (Wildman–Crippen MR) is 190 cm³/mol. The molecule has 3 atom stereocenters. The Bertz CT molecular complexity index is 1190. The van der Waals surface area contributed by atoms with Gasteiger partial charge in [-0.05, 0) is 45.1 Å². The van der Waals surface area contributed by atoms with E-state index in [1.807, 2.05) is 0 Å². The van der Waals surface area contributed by atoms with E-state index in [9.17, 15) is 24.3 Å². The molecule has 2 aliphatic heterocycles. The summed E-state index contributed by atoms with van der Waals surface area (Å²) in [7, 11) is 1.24. The van der Waals surface area contributed by atoms with Crippen LogP contribution in [-0.4, -0.2) is 82.2 Å². The zero-order valence-electron chi connectivity index (χ0n) is 30.4. The third-order valence-electron chi connectivity index (χ3n) is 9.44. The Hall–Kier alpha value is -3.05. The van der Waals surface area contributed by atoms with Gasteiger partial charge in [0, 0.05) is 5.70 Å². The maximum Gasteiger partial charge on any atom is 0.311 e. The van der Waals surface area contributed by atoms with Crippen molar-refractivity contribution in [3.8, 4) is 0 Å². The molecule has 2 aliphatic rings. The van der Waals surface area contributed by atoms with Crippen LogP contribution in [0.3, 0.4) is 0 Å². The number of hydrogen-bond donors (Lipinski definition) is 2. The van der Waals surface area contributed by atoms with Crippen LogP contribution in [0, 0.1) is 0 Å². The number of ether oxygens (including phenoxy) is 1. The van der Waals surface area contributed by atoms with E-state index in [0.717, 1.165) is 0 Å². The number of quaternary nitrogens is 1. The smallest absolute Gasteiger partial charge is 0.311 e. The van der Waals surface area contributed by atoms with Crippen molar-refractivity contribution in [2.45, 2.75) is 128 Å². The molecule has 3 rings (SSSR count). The molecule has 0 radical (unpaired) electrons. The fourth-order valence-corrected chi connectivity index (χ4v) is 8.24. The van der Waals surface area contributed by atoms with Crippen LogP contribution in [0.1, 0.15) is 117 Å². The molecule has 2 heterocycles. The first-order valence-electron chi connectivity index (χ1n) is 17.7. The summed E-state index contributed by atoms with van der Waals surface area (Å²) < 4.78 is 5.00. The highest BCUT2D eigenvalue weighted by atomic mass is 32.2. The van der Waals surface area contributed by atoms with Gasteiger partial charge < -0.3 is 34.7 Å². The van der Waals surface area contributed by atoms with Gasteiger partial charge in [-0.3, -0.25) is 14.4 Å². The van der Waals surface area contributed by atoms with Crippen LogP contribution in [0.4, 0.5) is 0 Å². The van der Waals surface area contributed by atoms with Crippen LogP contribution in [0.25, 0.3) is 0 Å². The summed E-state index contributed by atoms with van der Waals surface area (Å²) in [4.78, 5) is 50.8. The van der Waals surface area contributed by atoms with Gasteiger partial charge in [-0.15, -0.1) is 11.8 Å². The van der Waals surface area contributed by atoms with Gasteiger partial charge in [-0.2, -0.15) is 0 Å². The fourth-order valence-electron chi connectivity index (χ4n) is 6.55. The van der Waals surface area contributed by atoms with E-state index < -0.39 is 34.3 Å². The number of nitrogens with zero attached hydrogens (tertiary/aromatic N) is 2. The second kappa shape index (κ2) is 19.2. The number of carbonyl (C=O) groups is 4. The summed E-state index contributed by atoms with van der Waals surface area (Å²) in [5.41, 5.74) is -1.28. The third kappa shape index (κ3) is 10.2. The van der Waals surface area contributed by atoms with Crippen molar-refractivity contribution >= 4 is 35.5 Å². The first-order valence-corrected chi connectivity index (χ1v) is 18.6. The molecule has 11 heteroatoms. The predicted octanol–water partition coefficient (Wildman–Crippen LogP) is 5.04. The molecule has 0 spiro atoms. The number of amides is 2. The average Bonchev–Trinajstić information content (AvgIpc) is 3.24. The standard InChI is InChI=1S/C21H25N3O6S.C16H36N/c1-12(10-16(26)30-4)22-17(13-8-6-5-7-9-13)18(27)23-21(19(28)29)20(2,3)31-15-11-14(25)24(15)21;1-5-9-13-17(14-10-6-2,15-11-7-3)16-12-8-4/h5-9,15,17,22H,1,10-11H2,2-4H3,(H,23,27)(H,28,29);5-16H2,1-4H3/q;+1/p-1/t15-,17?,21+;/m1./s1. The minimum absolute atomic E-state index is 0.174. The Balaban J connectivity index is 0.000000401. The lowest BCUT2D eigenvalue weighted by molar-refractivity contribution is -0.929. The molecule has 0 aromatic heterocycles. The van der Waals surface area contributed by atoms with Gasteiger partial charge in [0.1, 0.15) is 6.04 Å². The van der Waals surface area contributed by atoms with Crippen molar-refractivity contribution in [2.75, 3.05) is 33.3 Å². The lowest BCUT2D eigenvalue weighted by Gasteiger charge is -2.50. The number of benzene rings is 1. The number of aliphatic carboxylic acids is 1. The van der Waals surface area contributed by atoms with Gasteiger partial charge in [-0.25, -0.2) is 0 Å².